The van der Waals surface area contributed by atoms with Crippen LogP contribution in [0.1, 0.15) is 51.9 Å². The van der Waals surface area contributed by atoms with Gasteiger partial charge in [-0.05, 0) is 44.4 Å². The molecular formula is C16H22O2. The number of rotatable bonds is 1. The Bertz CT molecular complexity index is 407. The van der Waals surface area contributed by atoms with Gasteiger partial charge in [-0.3, -0.25) is 9.59 Å². The van der Waals surface area contributed by atoms with Gasteiger partial charge in [-0.1, -0.05) is 19.4 Å². The molecule has 0 aromatic rings. The first kappa shape index (κ1) is 12.1. The van der Waals surface area contributed by atoms with Crippen LogP contribution in [0.4, 0.5) is 0 Å². The molecule has 2 heteroatoms. The predicted octanol–water partition coefficient (Wildman–Crippen LogP) is 3.31. The second kappa shape index (κ2) is 4.64. The van der Waals surface area contributed by atoms with E-state index in [1.165, 1.54) is 0 Å². The van der Waals surface area contributed by atoms with Crippen molar-refractivity contribution >= 4 is 11.6 Å². The van der Waals surface area contributed by atoms with Crippen molar-refractivity contribution in [1.29, 1.82) is 0 Å². The highest BCUT2D eigenvalue weighted by Gasteiger charge is 2.48. The monoisotopic (exact) mass is 246 g/mol. The number of ketones is 2. The van der Waals surface area contributed by atoms with Crippen LogP contribution in [-0.4, -0.2) is 11.6 Å². The quantitative estimate of drug-likeness (QED) is 0.711. The van der Waals surface area contributed by atoms with Crippen LogP contribution in [0.2, 0.25) is 0 Å². The fraction of sp³-hybridized carbons (Fsp3) is 0.750. The average molecular weight is 246 g/mol. The maximum Gasteiger partial charge on any atom is 0.163 e. The van der Waals surface area contributed by atoms with E-state index in [-0.39, 0.29) is 17.8 Å². The zero-order valence-electron chi connectivity index (χ0n) is 11.2. The van der Waals surface area contributed by atoms with Crippen molar-refractivity contribution in [3.05, 3.63) is 11.6 Å². The standard InChI is InChI=1S/C16H22O2/c1-2-10-7-8-13-14(9-10)16(18)12-6-4-3-5-11(12)15(13)17/h6,10-11,13-14H,2-5,7-9H2,1H3. The van der Waals surface area contributed by atoms with Gasteiger partial charge in [0.15, 0.2) is 5.78 Å². The van der Waals surface area contributed by atoms with E-state index in [1.807, 2.05) is 0 Å². The van der Waals surface area contributed by atoms with Gasteiger partial charge in [0.1, 0.15) is 5.78 Å². The maximum absolute atomic E-state index is 12.6. The van der Waals surface area contributed by atoms with Gasteiger partial charge in [0, 0.05) is 23.3 Å². The first-order chi connectivity index (χ1) is 8.72. The molecule has 0 aromatic carbocycles. The van der Waals surface area contributed by atoms with Gasteiger partial charge in [-0.25, -0.2) is 0 Å². The molecule has 3 aliphatic rings. The molecule has 3 rings (SSSR count). The maximum atomic E-state index is 12.6. The lowest BCUT2D eigenvalue weighted by Gasteiger charge is -2.42. The molecule has 0 N–H and O–H groups in total. The molecule has 98 valence electrons. The van der Waals surface area contributed by atoms with Crippen molar-refractivity contribution in [3.63, 3.8) is 0 Å². The van der Waals surface area contributed by atoms with Gasteiger partial charge < -0.3 is 0 Å². The Morgan fingerprint density at radius 3 is 2.78 bits per heavy atom. The number of allylic oxidation sites excluding steroid dienone is 2. The van der Waals surface area contributed by atoms with Crippen LogP contribution >= 0.6 is 0 Å². The smallest absolute Gasteiger partial charge is 0.163 e. The van der Waals surface area contributed by atoms with E-state index in [4.69, 9.17) is 0 Å². The van der Waals surface area contributed by atoms with E-state index in [9.17, 15) is 9.59 Å². The highest BCUT2D eigenvalue weighted by Crippen LogP contribution is 2.46. The molecule has 0 amide bonds. The average Bonchev–Trinajstić information content (AvgIpc) is 2.44. The number of Topliss-reactive ketones (excluding diaryl/α,β-unsaturated/α-hetero) is 2. The summed E-state index contributed by atoms with van der Waals surface area (Å²) in [7, 11) is 0. The Balaban J connectivity index is 1.90. The van der Waals surface area contributed by atoms with Crippen LogP contribution in [0.5, 0.6) is 0 Å². The molecule has 0 radical (unpaired) electrons. The number of carbonyl (C=O) groups excluding carboxylic acids is 2. The minimum absolute atomic E-state index is 0.0248. The lowest BCUT2D eigenvalue weighted by Crippen LogP contribution is -2.46. The van der Waals surface area contributed by atoms with Crippen molar-refractivity contribution in [2.75, 3.05) is 0 Å². The van der Waals surface area contributed by atoms with Gasteiger partial charge in [-0.2, -0.15) is 0 Å². The van der Waals surface area contributed by atoms with Crippen molar-refractivity contribution in [2.45, 2.75) is 51.9 Å². The van der Waals surface area contributed by atoms with Crippen molar-refractivity contribution in [2.24, 2.45) is 23.7 Å². The van der Waals surface area contributed by atoms with E-state index in [2.05, 4.69) is 13.0 Å². The van der Waals surface area contributed by atoms with Crippen molar-refractivity contribution in [1.82, 2.24) is 0 Å². The van der Waals surface area contributed by atoms with Crippen molar-refractivity contribution in [3.8, 4) is 0 Å². The minimum atomic E-state index is -0.0364. The number of hydrogen-bond acceptors (Lipinski definition) is 2. The lowest BCUT2D eigenvalue weighted by atomic mass is 9.60. The van der Waals surface area contributed by atoms with Gasteiger partial charge >= 0.3 is 0 Å². The molecule has 0 heterocycles. The fourth-order valence-corrected chi connectivity index (χ4v) is 4.18. The Morgan fingerprint density at radius 2 is 2.00 bits per heavy atom. The summed E-state index contributed by atoms with van der Waals surface area (Å²) in [5.74, 6) is 1.41. The predicted molar refractivity (Wildman–Crippen MR) is 70.1 cm³/mol. The molecule has 0 aromatic heterocycles. The van der Waals surface area contributed by atoms with Crippen LogP contribution in [-0.2, 0) is 9.59 Å². The molecule has 2 fully saturated rings. The summed E-state index contributed by atoms with van der Waals surface area (Å²) in [6.07, 6.45) is 9.22. The summed E-state index contributed by atoms with van der Waals surface area (Å²) in [5.41, 5.74) is 0.879. The highest BCUT2D eigenvalue weighted by molar-refractivity contribution is 6.09. The zero-order valence-corrected chi connectivity index (χ0v) is 11.2. The molecular weight excluding hydrogens is 224 g/mol. The number of hydrogen-bond donors (Lipinski definition) is 0. The molecule has 0 aliphatic heterocycles. The van der Waals surface area contributed by atoms with Gasteiger partial charge in [0.25, 0.3) is 0 Å². The molecule has 2 saturated carbocycles. The normalized spacial score (nSPS) is 39.9. The Kier molecular flexibility index (Phi) is 3.13. The summed E-state index contributed by atoms with van der Waals surface area (Å²) < 4.78 is 0. The first-order valence-corrected chi connectivity index (χ1v) is 7.50. The molecule has 18 heavy (non-hydrogen) atoms. The highest BCUT2D eigenvalue weighted by atomic mass is 16.1. The van der Waals surface area contributed by atoms with Gasteiger partial charge in [0.05, 0.1) is 0 Å². The second-order valence-corrected chi connectivity index (χ2v) is 6.21. The van der Waals surface area contributed by atoms with Crippen LogP contribution < -0.4 is 0 Å². The Morgan fingerprint density at radius 1 is 1.17 bits per heavy atom. The molecule has 0 spiro atoms. The first-order valence-electron chi connectivity index (χ1n) is 7.50. The molecule has 4 unspecified atom stereocenters. The summed E-state index contributed by atoms with van der Waals surface area (Å²) in [4.78, 5) is 25.1. The topological polar surface area (TPSA) is 34.1 Å². The van der Waals surface area contributed by atoms with Crippen LogP contribution in [0, 0.1) is 23.7 Å². The fourth-order valence-electron chi connectivity index (χ4n) is 4.18. The molecule has 3 aliphatic carbocycles. The lowest BCUT2D eigenvalue weighted by molar-refractivity contribution is -0.140. The summed E-state index contributed by atoms with van der Waals surface area (Å²) in [5, 5.41) is 0. The number of carbonyl (C=O) groups is 2. The SMILES string of the molecule is CCC1CCC2C(=O)C3CCCC=C3C(=O)C2C1. The Labute approximate surface area is 109 Å². The van der Waals surface area contributed by atoms with Crippen LogP contribution in [0.25, 0.3) is 0 Å². The zero-order chi connectivity index (χ0) is 12.7. The van der Waals surface area contributed by atoms with E-state index in [0.717, 1.165) is 50.5 Å². The third-order valence-corrected chi connectivity index (χ3v) is 5.30. The number of fused-ring (bicyclic) bond motifs is 2. The Hall–Kier alpha value is -0.920. The third kappa shape index (κ3) is 1.77. The third-order valence-electron chi connectivity index (χ3n) is 5.30. The van der Waals surface area contributed by atoms with E-state index >= 15 is 0 Å². The van der Waals surface area contributed by atoms with Gasteiger partial charge in [0.2, 0.25) is 0 Å². The largest absolute Gasteiger partial charge is 0.299 e. The van der Waals surface area contributed by atoms with Crippen LogP contribution in [0.15, 0.2) is 11.6 Å². The summed E-state index contributed by atoms with van der Waals surface area (Å²) in [6, 6.07) is 0. The molecule has 0 bridgehead atoms. The van der Waals surface area contributed by atoms with Crippen molar-refractivity contribution < 1.29 is 9.59 Å². The van der Waals surface area contributed by atoms with Crippen LogP contribution in [0.3, 0.4) is 0 Å². The molecule has 2 nitrogen and oxygen atoms in total. The second-order valence-electron chi connectivity index (χ2n) is 6.21. The molecule has 0 saturated heterocycles. The summed E-state index contributed by atoms with van der Waals surface area (Å²) >= 11 is 0. The minimum Gasteiger partial charge on any atom is -0.299 e. The van der Waals surface area contributed by atoms with E-state index in [1.54, 1.807) is 0 Å². The van der Waals surface area contributed by atoms with E-state index < -0.39 is 0 Å². The summed E-state index contributed by atoms with van der Waals surface area (Å²) in [6.45, 7) is 2.20. The molecule has 4 atom stereocenters. The van der Waals surface area contributed by atoms with Gasteiger partial charge in [-0.15, -0.1) is 0 Å². The van der Waals surface area contributed by atoms with E-state index in [0.29, 0.717) is 17.5 Å².